The second-order valence-corrected chi connectivity index (χ2v) is 4.29. The lowest BCUT2D eigenvalue weighted by Gasteiger charge is -2.14. The van der Waals surface area contributed by atoms with Crippen molar-refractivity contribution in [1.82, 2.24) is 25.5 Å². The fourth-order valence-corrected chi connectivity index (χ4v) is 1.74. The van der Waals surface area contributed by atoms with Crippen LogP contribution >= 0.6 is 11.6 Å². The van der Waals surface area contributed by atoms with Crippen LogP contribution in [0.2, 0.25) is 5.02 Å². The van der Waals surface area contributed by atoms with E-state index < -0.39 is 0 Å². The third kappa shape index (κ3) is 3.27. The molecule has 1 aromatic heterocycles. The van der Waals surface area contributed by atoms with E-state index in [1.54, 1.807) is 6.07 Å². The molecule has 0 bridgehead atoms. The zero-order valence-electron chi connectivity index (χ0n) is 9.75. The molecule has 7 heteroatoms. The summed E-state index contributed by atoms with van der Waals surface area (Å²) in [5.74, 6) is -0.158. The van der Waals surface area contributed by atoms with E-state index in [0.717, 1.165) is 5.56 Å². The molecule has 0 spiro atoms. The zero-order chi connectivity index (χ0) is 13.0. The number of hydrogen-bond donors (Lipinski definition) is 1. The number of aromatic nitrogens is 4. The number of amides is 1. The average molecular weight is 266 g/mol. The van der Waals surface area contributed by atoms with Gasteiger partial charge in [-0.05, 0) is 35.0 Å². The van der Waals surface area contributed by atoms with Crippen LogP contribution in [-0.2, 0) is 11.3 Å². The molecule has 0 fully saturated rings. The molecule has 1 heterocycles. The maximum Gasteiger partial charge on any atom is 0.242 e. The van der Waals surface area contributed by atoms with Crippen LogP contribution in [0.3, 0.4) is 0 Å². The summed E-state index contributed by atoms with van der Waals surface area (Å²) in [7, 11) is 0. The second-order valence-electron chi connectivity index (χ2n) is 3.85. The smallest absolute Gasteiger partial charge is 0.242 e. The van der Waals surface area contributed by atoms with E-state index in [2.05, 4.69) is 20.8 Å². The van der Waals surface area contributed by atoms with Gasteiger partial charge in [-0.2, -0.15) is 0 Å². The van der Waals surface area contributed by atoms with Gasteiger partial charge in [0.25, 0.3) is 0 Å². The molecule has 18 heavy (non-hydrogen) atoms. The van der Waals surface area contributed by atoms with Crippen molar-refractivity contribution < 1.29 is 4.79 Å². The van der Waals surface area contributed by atoms with Crippen molar-refractivity contribution in [2.45, 2.75) is 19.5 Å². The van der Waals surface area contributed by atoms with Crippen LogP contribution in [0.5, 0.6) is 0 Å². The highest BCUT2D eigenvalue weighted by molar-refractivity contribution is 6.30. The zero-order valence-corrected chi connectivity index (χ0v) is 10.5. The SMILES string of the molecule is C[C@H](NC(=O)Cn1cnnn1)c1cccc(Cl)c1. The van der Waals surface area contributed by atoms with Crippen molar-refractivity contribution >= 4 is 17.5 Å². The number of nitrogens with zero attached hydrogens (tertiary/aromatic N) is 4. The molecule has 94 valence electrons. The molecule has 0 radical (unpaired) electrons. The standard InChI is InChI=1S/C11H12ClN5O/c1-8(9-3-2-4-10(12)5-9)14-11(18)6-17-7-13-15-16-17/h2-5,7-8H,6H2,1H3,(H,14,18)/t8-/m0/s1. The average Bonchev–Trinajstić information content (AvgIpc) is 2.81. The first kappa shape index (κ1) is 12.5. The Balaban J connectivity index is 1.95. The van der Waals surface area contributed by atoms with E-state index in [-0.39, 0.29) is 18.5 Å². The molecule has 1 aromatic carbocycles. The van der Waals surface area contributed by atoms with Crippen LogP contribution < -0.4 is 5.32 Å². The van der Waals surface area contributed by atoms with E-state index in [4.69, 9.17) is 11.6 Å². The fourth-order valence-electron chi connectivity index (χ4n) is 1.55. The number of halogens is 1. The maximum absolute atomic E-state index is 11.7. The van der Waals surface area contributed by atoms with Gasteiger partial charge < -0.3 is 5.32 Å². The summed E-state index contributed by atoms with van der Waals surface area (Å²) in [4.78, 5) is 11.7. The van der Waals surface area contributed by atoms with Crippen molar-refractivity contribution in [3.63, 3.8) is 0 Å². The Bertz CT molecular complexity index is 528. The third-order valence-corrected chi connectivity index (χ3v) is 2.66. The molecule has 0 saturated carbocycles. The van der Waals surface area contributed by atoms with Gasteiger partial charge in [-0.25, -0.2) is 4.68 Å². The normalized spacial score (nSPS) is 12.1. The highest BCUT2D eigenvalue weighted by atomic mass is 35.5. The van der Waals surface area contributed by atoms with Gasteiger partial charge in [0, 0.05) is 5.02 Å². The summed E-state index contributed by atoms with van der Waals surface area (Å²) < 4.78 is 1.36. The predicted molar refractivity (Wildman–Crippen MR) is 65.8 cm³/mol. The van der Waals surface area contributed by atoms with Crippen LogP contribution in [0.4, 0.5) is 0 Å². The minimum atomic E-state index is -0.158. The lowest BCUT2D eigenvalue weighted by atomic mass is 10.1. The summed E-state index contributed by atoms with van der Waals surface area (Å²) in [6.07, 6.45) is 1.39. The highest BCUT2D eigenvalue weighted by Gasteiger charge is 2.10. The second kappa shape index (κ2) is 5.59. The van der Waals surface area contributed by atoms with E-state index in [9.17, 15) is 4.79 Å². The first-order chi connectivity index (χ1) is 8.65. The Morgan fingerprint density at radius 3 is 3.06 bits per heavy atom. The Hall–Kier alpha value is -1.95. The number of hydrogen-bond acceptors (Lipinski definition) is 4. The number of carbonyl (C=O) groups is 1. The van der Waals surface area contributed by atoms with Crippen LogP contribution in [0.25, 0.3) is 0 Å². The summed E-state index contributed by atoms with van der Waals surface area (Å²) in [5.41, 5.74) is 0.951. The predicted octanol–water partition coefficient (Wildman–Crippen LogP) is 1.20. The Kier molecular flexibility index (Phi) is 3.88. The summed E-state index contributed by atoms with van der Waals surface area (Å²) in [6, 6.07) is 7.26. The van der Waals surface area contributed by atoms with Crippen LogP contribution in [0.15, 0.2) is 30.6 Å². The van der Waals surface area contributed by atoms with Crippen molar-refractivity contribution in [3.8, 4) is 0 Å². The molecular weight excluding hydrogens is 254 g/mol. The molecule has 1 N–H and O–H groups in total. The molecule has 0 aliphatic carbocycles. The van der Waals surface area contributed by atoms with Crippen molar-refractivity contribution in [3.05, 3.63) is 41.2 Å². The minimum Gasteiger partial charge on any atom is -0.348 e. The quantitative estimate of drug-likeness (QED) is 0.902. The van der Waals surface area contributed by atoms with Gasteiger partial charge in [-0.15, -0.1) is 5.10 Å². The van der Waals surface area contributed by atoms with Crippen molar-refractivity contribution in [2.75, 3.05) is 0 Å². The number of benzene rings is 1. The van der Waals surface area contributed by atoms with Crippen molar-refractivity contribution in [1.29, 1.82) is 0 Å². The topological polar surface area (TPSA) is 72.7 Å². The number of nitrogens with one attached hydrogen (secondary N) is 1. The van der Waals surface area contributed by atoms with Gasteiger partial charge in [0.2, 0.25) is 5.91 Å². The Morgan fingerprint density at radius 2 is 2.39 bits per heavy atom. The monoisotopic (exact) mass is 265 g/mol. The summed E-state index contributed by atoms with van der Waals surface area (Å²) in [6.45, 7) is 1.99. The minimum absolute atomic E-state index is 0.0951. The Morgan fingerprint density at radius 1 is 1.56 bits per heavy atom. The molecule has 1 atom stereocenters. The van der Waals surface area contributed by atoms with Crippen LogP contribution in [-0.4, -0.2) is 26.1 Å². The van der Waals surface area contributed by atoms with E-state index in [1.165, 1.54) is 11.0 Å². The van der Waals surface area contributed by atoms with Gasteiger partial charge in [-0.1, -0.05) is 23.7 Å². The van der Waals surface area contributed by atoms with E-state index in [0.29, 0.717) is 5.02 Å². The fraction of sp³-hybridized carbons (Fsp3) is 0.273. The molecule has 0 aliphatic heterocycles. The van der Waals surface area contributed by atoms with Crippen molar-refractivity contribution in [2.24, 2.45) is 0 Å². The Labute approximate surface area is 109 Å². The van der Waals surface area contributed by atoms with Gasteiger partial charge in [-0.3, -0.25) is 4.79 Å². The summed E-state index contributed by atoms with van der Waals surface area (Å²) in [5, 5.41) is 14.0. The first-order valence-electron chi connectivity index (χ1n) is 5.41. The first-order valence-corrected chi connectivity index (χ1v) is 5.78. The number of tetrazole rings is 1. The van der Waals surface area contributed by atoms with Gasteiger partial charge >= 0.3 is 0 Å². The van der Waals surface area contributed by atoms with Crippen LogP contribution in [0.1, 0.15) is 18.5 Å². The molecule has 0 saturated heterocycles. The number of carbonyl (C=O) groups excluding carboxylic acids is 1. The lowest BCUT2D eigenvalue weighted by Crippen LogP contribution is -2.30. The molecule has 6 nitrogen and oxygen atoms in total. The van der Waals surface area contributed by atoms with E-state index >= 15 is 0 Å². The third-order valence-electron chi connectivity index (χ3n) is 2.42. The molecule has 2 aromatic rings. The van der Waals surface area contributed by atoms with Gasteiger partial charge in [0.1, 0.15) is 12.9 Å². The molecule has 0 unspecified atom stereocenters. The lowest BCUT2D eigenvalue weighted by molar-refractivity contribution is -0.122. The molecule has 2 rings (SSSR count). The van der Waals surface area contributed by atoms with E-state index in [1.807, 2.05) is 25.1 Å². The molecular formula is C11H12ClN5O. The molecule has 1 amide bonds. The number of rotatable bonds is 4. The largest absolute Gasteiger partial charge is 0.348 e. The van der Waals surface area contributed by atoms with Gasteiger partial charge in [0.05, 0.1) is 6.04 Å². The molecule has 0 aliphatic rings. The summed E-state index contributed by atoms with van der Waals surface area (Å²) >= 11 is 5.90. The maximum atomic E-state index is 11.7. The highest BCUT2D eigenvalue weighted by Crippen LogP contribution is 2.17. The van der Waals surface area contributed by atoms with Gasteiger partial charge in [0.15, 0.2) is 0 Å². The van der Waals surface area contributed by atoms with Crippen LogP contribution in [0, 0.1) is 0 Å².